The minimum absolute atomic E-state index is 0.102. The van der Waals surface area contributed by atoms with Gasteiger partial charge in [0.2, 0.25) is 5.91 Å². The van der Waals surface area contributed by atoms with Crippen molar-refractivity contribution in [2.24, 2.45) is 0 Å². The second-order valence-corrected chi connectivity index (χ2v) is 8.61. The second kappa shape index (κ2) is 10.8. The lowest BCUT2D eigenvalue weighted by molar-refractivity contribution is -0.384. The summed E-state index contributed by atoms with van der Waals surface area (Å²) in [4.78, 5) is 41.3. The first-order valence-corrected chi connectivity index (χ1v) is 11.5. The summed E-state index contributed by atoms with van der Waals surface area (Å²) >= 11 is 0. The molecule has 1 saturated carbocycles. The maximum absolute atomic E-state index is 13.0. The van der Waals surface area contributed by atoms with Gasteiger partial charge in [0.15, 0.2) is 0 Å². The fourth-order valence-corrected chi connectivity index (χ4v) is 3.72. The number of hydrogen-bond acceptors (Lipinski definition) is 6. The van der Waals surface area contributed by atoms with E-state index in [4.69, 9.17) is 0 Å². The number of nitro benzene ring substituents is 1. The van der Waals surface area contributed by atoms with Crippen LogP contribution in [-0.4, -0.2) is 33.8 Å². The van der Waals surface area contributed by atoms with E-state index in [1.165, 1.54) is 18.2 Å². The van der Waals surface area contributed by atoms with Crippen molar-refractivity contribution in [3.63, 3.8) is 0 Å². The molecule has 0 aliphatic heterocycles. The summed E-state index contributed by atoms with van der Waals surface area (Å²) in [5, 5.41) is 20.6. The molecule has 180 valence electrons. The van der Waals surface area contributed by atoms with E-state index in [2.05, 4.69) is 20.9 Å². The molecule has 1 aromatic heterocycles. The van der Waals surface area contributed by atoms with Gasteiger partial charge in [0.05, 0.1) is 16.7 Å². The standard InChI is InChI=1S/C26H27N5O4/c1-17(21-9-5-6-14-27-21)28-22-13-10-19(16-24(22)31(34)35)25(32)30-23(26(33)29-20-11-12-20)15-18-7-3-2-4-8-18/h2-10,13-14,16-17,20,23,28H,11-12,15H2,1H3,(H,29,33)(H,30,32)/t17-,23+/m1/s1. The number of rotatable bonds is 10. The first-order chi connectivity index (χ1) is 16.9. The summed E-state index contributed by atoms with van der Waals surface area (Å²) in [7, 11) is 0. The predicted molar refractivity (Wildman–Crippen MR) is 132 cm³/mol. The van der Waals surface area contributed by atoms with E-state index in [0.29, 0.717) is 6.42 Å². The van der Waals surface area contributed by atoms with E-state index in [9.17, 15) is 19.7 Å². The molecule has 1 heterocycles. The lowest BCUT2D eigenvalue weighted by atomic mass is 10.0. The van der Waals surface area contributed by atoms with Crippen LogP contribution in [0.3, 0.4) is 0 Å². The van der Waals surface area contributed by atoms with Crippen LogP contribution in [0.25, 0.3) is 0 Å². The van der Waals surface area contributed by atoms with Gasteiger partial charge in [-0.2, -0.15) is 0 Å². The molecular weight excluding hydrogens is 446 g/mol. The lowest BCUT2D eigenvalue weighted by Crippen LogP contribution is -2.48. The van der Waals surface area contributed by atoms with Crippen LogP contribution in [0.2, 0.25) is 0 Å². The summed E-state index contributed by atoms with van der Waals surface area (Å²) in [6, 6.07) is 18.1. The molecule has 0 radical (unpaired) electrons. The number of benzene rings is 2. The molecule has 1 aliphatic rings. The van der Waals surface area contributed by atoms with Crippen molar-refractivity contribution >= 4 is 23.2 Å². The molecule has 0 saturated heterocycles. The largest absolute Gasteiger partial charge is 0.371 e. The van der Waals surface area contributed by atoms with Crippen LogP contribution in [0.4, 0.5) is 11.4 Å². The van der Waals surface area contributed by atoms with Gasteiger partial charge in [-0.25, -0.2) is 0 Å². The van der Waals surface area contributed by atoms with Crippen LogP contribution in [0, 0.1) is 10.1 Å². The molecule has 0 spiro atoms. The van der Waals surface area contributed by atoms with E-state index in [0.717, 1.165) is 24.1 Å². The molecule has 2 amide bonds. The fourth-order valence-electron chi connectivity index (χ4n) is 3.72. The van der Waals surface area contributed by atoms with E-state index in [-0.39, 0.29) is 34.9 Å². The number of nitrogens with zero attached hydrogens (tertiary/aromatic N) is 2. The van der Waals surface area contributed by atoms with E-state index in [1.807, 2.05) is 49.4 Å². The zero-order valence-corrected chi connectivity index (χ0v) is 19.3. The van der Waals surface area contributed by atoms with Crippen LogP contribution in [0.1, 0.15) is 47.4 Å². The predicted octanol–water partition coefficient (Wildman–Crippen LogP) is 3.78. The second-order valence-electron chi connectivity index (χ2n) is 8.61. The Morgan fingerprint density at radius 2 is 1.83 bits per heavy atom. The van der Waals surface area contributed by atoms with Crippen molar-refractivity contribution in [3.8, 4) is 0 Å². The number of anilines is 1. The average molecular weight is 474 g/mol. The minimum atomic E-state index is -0.800. The first kappa shape index (κ1) is 23.9. The maximum Gasteiger partial charge on any atom is 0.293 e. The molecule has 35 heavy (non-hydrogen) atoms. The Morgan fingerprint density at radius 1 is 1.09 bits per heavy atom. The van der Waals surface area contributed by atoms with Gasteiger partial charge >= 0.3 is 0 Å². The highest BCUT2D eigenvalue weighted by molar-refractivity contribution is 5.98. The van der Waals surface area contributed by atoms with Crippen molar-refractivity contribution in [3.05, 3.63) is 99.9 Å². The summed E-state index contributed by atoms with van der Waals surface area (Å²) in [6.45, 7) is 1.85. The Balaban J connectivity index is 1.51. The molecule has 9 nitrogen and oxygen atoms in total. The molecule has 0 unspecified atom stereocenters. The van der Waals surface area contributed by atoms with Crippen molar-refractivity contribution < 1.29 is 14.5 Å². The Morgan fingerprint density at radius 3 is 2.49 bits per heavy atom. The topological polar surface area (TPSA) is 126 Å². The third kappa shape index (κ3) is 6.41. The number of nitrogens with one attached hydrogen (secondary N) is 3. The maximum atomic E-state index is 13.0. The van der Waals surface area contributed by atoms with Crippen LogP contribution in [0.5, 0.6) is 0 Å². The quantitative estimate of drug-likeness (QED) is 0.304. The summed E-state index contributed by atoms with van der Waals surface area (Å²) in [5.41, 5.74) is 1.77. The smallest absolute Gasteiger partial charge is 0.293 e. The highest BCUT2D eigenvalue weighted by Gasteiger charge is 2.29. The fraction of sp³-hybridized carbons (Fsp3) is 0.269. The minimum Gasteiger partial charge on any atom is -0.371 e. The van der Waals surface area contributed by atoms with Gasteiger partial charge in [-0.3, -0.25) is 24.7 Å². The Hall–Kier alpha value is -4.27. The molecule has 2 atom stereocenters. The summed E-state index contributed by atoms with van der Waals surface area (Å²) in [6.07, 6.45) is 3.82. The Bertz CT molecular complexity index is 1200. The monoisotopic (exact) mass is 473 g/mol. The van der Waals surface area contributed by atoms with E-state index < -0.39 is 16.9 Å². The zero-order valence-electron chi connectivity index (χ0n) is 19.3. The van der Waals surface area contributed by atoms with Crippen LogP contribution in [0.15, 0.2) is 72.9 Å². The normalized spacial score (nSPS) is 14.4. The molecule has 3 N–H and O–H groups in total. The SMILES string of the molecule is C[C@@H](Nc1ccc(C(=O)N[C@@H](Cc2ccccc2)C(=O)NC2CC2)cc1[N+](=O)[O-])c1ccccn1. The molecule has 1 fully saturated rings. The van der Waals surface area contributed by atoms with Gasteiger partial charge in [0.25, 0.3) is 11.6 Å². The van der Waals surface area contributed by atoms with Crippen LogP contribution in [-0.2, 0) is 11.2 Å². The first-order valence-electron chi connectivity index (χ1n) is 11.5. The Kier molecular flexibility index (Phi) is 7.35. The number of hydrogen-bond donors (Lipinski definition) is 3. The molecule has 3 aromatic rings. The van der Waals surface area contributed by atoms with Gasteiger partial charge in [0.1, 0.15) is 11.7 Å². The van der Waals surface area contributed by atoms with Crippen molar-refractivity contribution in [1.29, 1.82) is 0 Å². The van der Waals surface area contributed by atoms with E-state index in [1.54, 1.807) is 12.3 Å². The lowest BCUT2D eigenvalue weighted by Gasteiger charge is -2.19. The third-order valence-electron chi connectivity index (χ3n) is 5.79. The van der Waals surface area contributed by atoms with Crippen molar-refractivity contribution in [2.45, 2.75) is 44.3 Å². The van der Waals surface area contributed by atoms with Crippen molar-refractivity contribution in [2.75, 3.05) is 5.32 Å². The molecule has 4 rings (SSSR count). The number of aromatic nitrogens is 1. The molecule has 2 aromatic carbocycles. The Labute approximate surface area is 203 Å². The van der Waals surface area contributed by atoms with Gasteiger partial charge in [-0.15, -0.1) is 0 Å². The summed E-state index contributed by atoms with van der Waals surface area (Å²) < 4.78 is 0. The summed E-state index contributed by atoms with van der Waals surface area (Å²) in [5.74, 6) is -0.814. The highest BCUT2D eigenvalue weighted by Crippen LogP contribution is 2.29. The van der Waals surface area contributed by atoms with E-state index >= 15 is 0 Å². The van der Waals surface area contributed by atoms with Crippen LogP contribution < -0.4 is 16.0 Å². The van der Waals surface area contributed by atoms with Crippen LogP contribution >= 0.6 is 0 Å². The van der Waals surface area contributed by atoms with Gasteiger partial charge in [-0.05, 0) is 49.6 Å². The molecule has 1 aliphatic carbocycles. The van der Waals surface area contributed by atoms with Gasteiger partial charge in [-0.1, -0.05) is 36.4 Å². The number of carbonyl (C=O) groups excluding carboxylic acids is 2. The highest BCUT2D eigenvalue weighted by atomic mass is 16.6. The average Bonchev–Trinajstić information content (AvgIpc) is 3.68. The number of carbonyl (C=O) groups is 2. The zero-order chi connectivity index (χ0) is 24.8. The van der Waals surface area contributed by atoms with Gasteiger partial charge in [0, 0.05) is 30.3 Å². The molecule has 9 heteroatoms. The molecular formula is C26H27N5O4. The number of nitro groups is 1. The van der Waals surface area contributed by atoms with Gasteiger partial charge < -0.3 is 16.0 Å². The third-order valence-corrected chi connectivity index (χ3v) is 5.79. The molecule has 0 bridgehead atoms. The van der Waals surface area contributed by atoms with Crippen molar-refractivity contribution in [1.82, 2.24) is 15.6 Å². The number of pyridine rings is 1. The number of amides is 2.